The van der Waals surface area contributed by atoms with Crippen molar-refractivity contribution in [3.63, 3.8) is 0 Å². The summed E-state index contributed by atoms with van der Waals surface area (Å²) in [5.74, 6) is 1.73. The van der Waals surface area contributed by atoms with Gasteiger partial charge in [0.1, 0.15) is 0 Å². The molecule has 0 unspecified atom stereocenters. The van der Waals surface area contributed by atoms with E-state index in [1.165, 1.54) is 0 Å². The van der Waals surface area contributed by atoms with Crippen molar-refractivity contribution in [2.75, 3.05) is 11.6 Å². The number of fused-ring (bicyclic) bond motifs is 1. The molecule has 1 aliphatic carbocycles. The number of hydrogen-bond donors (Lipinski definition) is 0. The minimum Gasteiger partial charge on any atom is -0.377 e. The van der Waals surface area contributed by atoms with Crippen LogP contribution in [0.15, 0.2) is 60.0 Å². The van der Waals surface area contributed by atoms with Crippen LogP contribution >= 0.6 is 0 Å². The van der Waals surface area contributed by atoms with Crippen LogP contribution in [-0.2, 0) is 4.84 Å². The molecular formula is C12H10N2O. The summed E-state index contributed by atoms with van der Waals surface area (Å²) < 4.78 is 0. The molecule has 1 aliphatic heterocycles. The number of aromatic nitrogens is 1. The topological polar surface area (TPSA) is 25.4 Å². The third-order valence-corrected chi connectivity index (χ3v) is 2.40. The standard InChI is InChI=1S/C12H10N2O/c1-2-8-13-12(6-1)14-9-7-10-4-3-5-11(10)15-14/h1-8H,9H2. The summed E-state index contributed by atoms with van der Waals surface area (Å²) in [7, 11) is 0. The number of allylic oxidation sites excluding steroid dienone is 3. The smallest absolute Gasteiger partial charge is 0.163 e. The van der Waals surface area contributed by atoms with Crippen molar-refractivity contribution in [2.45, 2.75) is 0 Å². The first-order chi connectivity index (χ1) is 7.43. The number of pyridine rings is 1. The highest BCUT2D eigenvalue weighted by atomic mass is 16.7. The zero-order chi connectivity index (χ0) is 10.1. The maximum absolute atomic E-state index is 5.70. The molecule has 74 valence electrons. The van der Waals surface area contributed by atoms with Gasteiger partial charge >= 0.3 is 0 Å². The number of nitrogens with zero attached hydrogens (tertiary/aromatic N) is 2. The lowest BCUT2D eigenvalue weighted by atomic mass is 10.2. The predicted molar refractivity (Wildman–Crippen MR) is 58.0 cm³/mol. The first-order valence-corrected chi connectivity index (χ1v) is 4.89. The average molecular weight is 198 g/mol. The van der Waals surface area contributed by atoms with Crippen molar-refractivity contribution in [3.05, 3.63) is 60.0 Å². The van der Waals surface area contributed by atoms with Crippen LogP contribution in [0.1, 0.15) is 0 Å². The van der Waals surface area contributed by atoms with Crippen molar-refractivity contribution >= 4 is 5.82 Å². The molecule has 3 heteroatoms. The summed E-state index contributed by atoms with van der Waals surface area (Å²) in [6.07, 6.45) is 9.89. The summed E-state index contributed by atoms with van der Waals surface area (Å²) in [6.45, 7) is 0.730. The maximum Gasteiger partial charge on any atom is 0.163 e. The van der Waals surface area contributed by atoms with Crippen molar-refractivity contribution in [1.82, 2.24) is 4.98 Å². The molecule has 0 saturated carbocycles. The lowest BCUT2D eigenvalue weighted by Gasteiger charge is -2.26. The summed E-state index contributed by atoms with van der Waals surface area (Å²) in [5, 5.41) is 1.78. The molecule has 0 saturated heterocycles. The van der Waals surface area contributed by atoms with Crippen molar-refractivity contribution in [3.8, 4) is 0 Å². The fraction of sp³-hybridized carbons (Fsp3) is 0.0833. The van der Waals surface area contributed by atoms with Crippen molar-refractivity contribution in [1.29, 1.82) is 0 Å². The molecule has 0 atom stereocenters. The first kappa shape index (κ1) is 8.29. The van der Waals surface area contributed by atoms with Gasteiger partial charge in [0, 0.05) is 11.8 Å². The molecule has 2 aliphatic rings. The number of rotatable bonds is 1. The number of hydrogen-bond acceptors (Lipinski definition) is 3. The van der Waals surface area contributed by atoms with Gasteiger partial charge in [-0.15, -0.1) is 0 Å². The molecule has 0 amide bonds. The molecule has 0 N–H and O–H groups in total. The second kappa shape index (κ2) is 3.28. The van der Waals surface area contributed by atoms with Gasteiger partial charge in [-0.05, 0) is 18.2 Å². The Labute approximate surface area is 88.0 Å². The third kappa shape index (κ3) is 1.42. The minimum atomic E-state index is 0.730. The first-order valence-electron chi connectivity index (χ1n) is 4.89. The van der Waals surface area contributed by atoms with Crippen molar-refractivity contribution < 1.29 is 4.84 Å². The van der Waals surface area contributed by atoms with Gasteiger partial charge in [-0.3, -0.25) is 0 Å². The van der Waals surface area contributed by atoms with Crippen molar-refractivity contribution in [2.24, 2.45) is 0 Å². The van der Waals surface area contributed by atoms with E-state index in [4.69, 9.17) is 4.84 Å². The Morgan fingerprint density at radius 3 is 3.20 bits per heavy atom. The lowest BCUT2D eigenvalue weighted by molar-refractivity contribution is 0.187. The number of anilines is 1. The van der Waals surface area contributed by atoms with E-state index in [0.717, 1.165) is 23.7 Å². The Bertz CT molecular complexity index is 460. The zero-order valence-corrected chi connectivity index (χ0v) is 8.13. The van der Waals surface area contributed by atoms with Crippen LogP contribution in [0.25, 0.3) is 0 Å². The molecule has 1 aromatic heterocycles. The van der Waals surface area contributed by atoms with E-state index in [2.05, 4.69) is 11.1 Å². The summed E-state index contributed by atoms with van der Waals surface area (Å²) in [4.78, 5) is 9.94. The van der Waals surface area contributed by atoms with Gasteiger partial charge in [0.05, 0.1) is 6.54 Å². The average Bonchev–Trinajstić information content (AvgIpc) is 2.77. The van der Waals surface area contributed by atoms with Gasteiger partial charge in [-0.2, -0.15) is 5.06 Å². The zero-order valence-electron chi connectivity index (χ0n) is 8.13. The van der Waals surface area contributed by atoms with Crippen LogP contribution in [0.5, 0.6) is 0 Å². The molecule has 3 nitrogen and oxygen atoms in total. The van der Waals surface area contributed by atoms with Gasteiger partial charge in [0.2, 0.25) is 0 Å². The van der Waals surface area contributed by atoms with Crippen LogP contribution in [0, 0.1) is 0 Å². The SMILES string of the molecule is C1=CC2=CCN(c3ccccn3)OC2=C1. The molecular weight excluding hydrogens is 188 g/mol. The van der Waals surface area contributed by atoms with Gasteiger partial charge in [-0.1, -0.05) is 24.3 Å². The Morgan fingerprint density at radius 2 is 2.33 bits per heavy atom. The fourth-order valence-electron chi connectivity index (χ4n) is 1.65. The van der Waals surface area contributed by atoms with E-state index < -0.39 is 0 Å². The Morgan fingerprint density at radius 1 is 1.33 bits per heavy atom. The summed E-state index contributed by atoms with van der Waals surface area (Å²) >= 11 is 0. The van der Waals surface area contributed by atoms with Gasteiger partial charge < -0.3 is 4.84 Å². The third-order valence-electron chi connectivity index (χ3n) is 2.40. The molecule has 1 aromatic rings. The number of hydroxylamine groups is 1. The van der Waals surface area contributed by atoms with E-state index in [9.17, 15) is 0 Å². The van der Waals surface area contributed by atoms with E-state index in [1.807, 2.05) is 36.4 Å². The highest BCUT2D eigenvalue weighted by molar-refractivity contribution is 5.49. The molecule has 0 fully saturated rings. The van der Waals surface area contributed by atoms with E-state index in [-0.39, 0.29) is 0 Å². The monoisotopic (exact) mass is 198 g/mol. The molecule has 2 heterocycles. The fourth-order valence-corrected chi connectivity index (χ4v) is 1.65. The normalized spacial score (nSPS) is 18.0. The molecule has 0 radical (unpaired) electrons. The van der Waals surface area contributed by atoms with Crippen LogP contribution in [0.2, 0.25) is 0 Å². The Kier molecular flexibility index (Phi) is 1.81. The molecule has 15 heavy (non-hydrogen) atoms. The second-order valence-electron chi connectivity index (χ2n) is 3.39. The quantitative estimate of drug-likeness (QED) is 0.691. The van der Waals surface area contributed by atoms with Gasteiger partial charge in [0.25, 0.3) is 0 Å². The van der Waals surface area contributed by atoms with Crippen LogP contribution < -0.4 is 5.06 Å². The molecule has 0 aromatic carbocycles. The van der Waals surface area contributed by atoms with Crippen LogP contribution in [0.3, 0.4) is 0 Å². The van der Waals surface area contributed by atoms with Crippen LogP contribution in [0.4, 0.5) is 5.82 Å². The Balaban J connectivity index is 1.88. The van der Waals surface area contributed by atoms with E-state index in [0.29, 0.717) is 0 Å². The molecule has 0 bridgehead atoms. The van der Waals surface area contributed by atoms with E-state index in [1.54, 1.807) is 11.3 Å². The highest BCUT2D eigenvalue weighted by Gasteiger charge is 2.19. The largest absolute Gasteiger partial charge is 0.377 e. The minimum absolute atomic E-state index is 0.730. The summed E-state index contributed by atoms with van der Waals surface area (Å²) in [5.41, 5.74) is 1.15. The lowest BCUT2D eigenvalue weighted by Crippen LogP contribution is -2.27. The van der Waals surface area contributed by atoms with E-state index >= 15 is 0 Å². The van der Waals surface area contributed by atoms with Gasteiger partial charge in [0.15, 0.2) is 11.6 Å². The van der Waals surface area contributed by atoms with Crippen LogP contribution in [-0.4, -0.2) is 11.5 Å². The molecule has 3 rings (SSSR count). The highest BCUT2D eigenvalue weighted by Crippen LogP contribution is 2.26. The Hall–Kier alpha value is -2.03. The second-order valence-corrected chi connectivity index (χ2v) is 3.39. The maximum atomic E-state index is 5.70. The van der Waals surface area contributed by atoms with Gasteiger partial charge in [-0.25, -0.2) is 4.98 Å². The predicted octanol–water partition coefficient (Wildman–Crippen LogP) is 2.21. The summed E-state index contributed by atoms with van der Waals surface area (Å²) in [6, 6.07) is 5.78. The molecule has 0 spiro atoms.